The van der Waals surface area contributed by atoms with Crippen LogP contribution >= 0.6 is 0 Å². The molecule has 0 aromatic heterocycles. The largest absolute Gasteiger partial charge is 0.387 e. The highest BCUT2D eigenvalue weighted by Crippen LogP contribution is 2.42. The van der Waals surface area contributed by atoms with Gasteiger partial charge in [-0.2, -0.15) is 5.26 Å². The summed E-state index contributed by atoms with van der Waals surface area (Å²) in [5, 5.41) is 21.3. The quantitative estimate of drug-likeness (QED) is 0.152. The first-order valence-electron chi connectivity index (χ1n) is 14.2. The maximum absolute atomic E-state index is 13.0. The Hall–Kier alpha value is -4.23. The van der Waals surface area contributed by atoms with E-state index in [1.807, 2.05) is 24.3 Å². The molecule has 2 aliphatic carbocycles. The average Bonchev–Trinajstić information content (AvgIpc) is 3.63. The molecule has 0 radical (unpaired) electrons. The Morgan fingerprint density at radius 1 is 1.05 bits per heavy atom. The smallest absolute Gasteiger partial charge is 0.253 e. The van der Waals surface area contributed by atoms with Crippen LogP contribution in [0, 0.1) is 28.6 Å². The van der Waals surface area contributed by atoms with E-state index in [1.165, 1.54) is 9.80 Å². The number of carbonyl (C=O) groups is 3. The third kappa shape index (κ3) is 6.80. The lowest BCUT2D eigenvalue weighted by atomic mass is 9.69. The van der Waals surface area contributed by atoms with E-state index in [4.69, 9.17) is 11.1 Å². The third-order valence-electron chi connectivity index (χ3n) is 8.43. The highest BCUT2D eigenvalue weighted by molar-refractivity contribution is 5.97. The number of carbonyl (C=O) groups excluding carboxylic acids is 3. The summed E-state index contributed by atoms with van der Waals surface area (Å²) < 4.78 is 0. The second kappa shape index (κ2) is 13.6. The molecule has 0 saturated heterocycles. The van der Waals surface area contributed by atoms with Gasteiger partial charge < -0.3 is 25.8 Å². The van der Waals surface area contributed by atoms with Gasteiger partial charge in [0.1, 0.15) is 12.4 Å². The van der Waals surface area contributed by atoms with Crippen molar-refractivity contribution < 1.29 is 14.4 Å². The number of benzene rings is 1. The van der Waals surface area contributed by atoms with Crippen LogP contribution in [0.4, 0.5) is 0 Å². The molecule has 2 aliphatic rings. The van der Waals surface area contributed by atoms with Crippen molar-refractivity contribution in [1.82, 2.24) is 20.0 Å². The number of rotatable bonds is 12. The van der Waals surface area contributed by atoms with Crippen molar-refractivity contribution in [3.63, 3.8) is 0 Å². The van der Waals surface area contributed by atoms with Crippen molar-refractivity contribution in [2.45, 2.75) is 38.1 Å². The minimum atomic E-state index is -1.06. The van der Waals surface area contributed by atoms with Gasteiger partial charge in [0.25, 0.3) is 11.8 Å². The molecule has 1 aromatic rings. The van der Waals surface area contributed by atoms with Crippen LogP contribution < -0.4 is 11.1 Å². The SMILES string of the molecule is CC1C(N(CC#N)C(=O)CNCCC(C(=N)N)(C2=CC=C(C(=O)N(C)C)C=CC2)c2ccc(C(=O)N(C)C)cc2)[C@H]1C. The van der Waals surface area contributed by atoms with Gasteiger partial charge in [-0.05, 0) is 60.6 Å². The van der Waals surface area contributed by atoms with E-state index in [-0.39, 0.29) is 42.7 Å². The first kappa shape index (κ1) is 32.3. The van der Waals surface area contributed by atoms with E-state index in [0.29, 0.717) is 42.4 Å². The molecule has 42 heavy (non-hydrogen) atoms. The van der Waals surface area contributed by atoms with Gasteiger partial charge in [-0.15, -0.1) is 0 Å². The van der Waals surface area contributed by atoms with Gasteiger partial charge in [-0.1, -0.05) is 44.2 Å². The van der Waals surface area contributed by atoms with Crippen LogP contribution in [0.25, 0.3) is 0 Å². The lowest BCUT2D eigenvalue weighted by Gasteiger charge is -2.36. The number of nitrogens with one attached hydrogen (secondary N) is 2. The minimum absolute atomic E-state index is 0.0504. The topological polar surface area (TPSA) is 147 Å². The number of allylic oxidation sites excluding steroid dienone is 3. The zero-order valence-corrected chi connectivity index (χ0v) is 25.5. The number of nitrogens with two attached hydrogens (primary N) is 1. The first-order valence-corrected chi connectivity index (χ1v) is 14.2. The number of amides is 3. The van der Waals surface area contributed by atoms with Crippen molar-refractivity contribution in [2.75, 3.05) is 47.8 Å². The number of hydrogen-bond acceptors (Lipinski definition) is 6. The minimum Gasteiger partial charge on any atom is -0.387 e. The molecular weight excluding hydrogens is 530 g/mol. The molecule has 0 bridgehead atoms. The van der Waals surface area contributed by atoms with Gasteiger partial charge in [0.05, 0.1) is 18.0 Å². The number of amidine groups is 1. The molecule has 1 fully saturated rings. The molecule has 4 atom stereocenters. The fourth-order valence-corrected chi connectivity index (χ4v) is 5.67. The standard InChI is InChI=1S/C32H43N7O3/c1-21-22(2)28(21)39(19-17-33)27(40)20-36-18-16-32(31(34)35,26-14-11-24(12-15-26)30(42)38(5)6)25-9-7-8-23(10-13-25)29(41)37(3)4/h7-8,10-15,21-22,28,36H,9,16,18-20H2,1-6H3,(H3,34,35)/t21-,22?,28?,32?/m0/s1. The fourth-order valence-electron chi connectivity index (χ4n) is 5.67. The van der Waals surface area contributed by atoms with E-state index in [9.17, 15) is 19.6 Å². The summed E-state index contributed by atoms with van der Waals surface area (Å²) in [6, 6.07) is 9.28. The van der Waals surface area contributed by atoms with Crippen molar-refractivity contribution in [1.29, 1.82) is 10.7 Å². The Labute approximate surface area is 249 Å². The van der Waals surface area contributed by atoms with Crippen LogP contribution in [0.1, 0.15) is 42.6 Å². The molecular formula is C32H43N7O3. The van der Waals surface area contributed by atoms with Crippen LogP contribution in [0.2, 0.25) is 0 Å². The Bertz CT molecular complexity index is 1330. The van der Waals surface area contributed by atoms with Crippen LogP contribution in [-0.2, 0) is 15.0 Å². The molecule has 3 amide bonds. The predicted molar refractivity (Wildman–Crippen MR) is 164 cm³/mol. The second-order valence-corrected chi connectivity index (χ2v) is 11.5. The van der Waals surface area contributed by atoms with E-state index in [1.54, 1.807) is 57.4 Å². The molecule has 1 saturated carbocycles. The number of nitriles is 1. The Balaban J connectivity index is 1.93. The van der Waals surface area contributed by atoms with Gasteiger partial charge >= 0.3 is 0 Å². The van der Waals surface area contributed by atoms with E-state index in [0.717, 1.165) is 11.1 Å². The monoisotopic (exact) mass is 573 g/mol. The molecule has 0 heterocycles. The number of hydrogen-bond donors (Lipinski definition) is 3. The van der Waals surface area contributed by atoms with Gasteiger partial charge in [0.15, 0.2) is 0 Å². The predicted octanol–water partition coefficient (Wildman–Crippen LogP) is 2.45. The van der Waals surface area contributed by atoms with Crippen LogP contribution in [0.15, 0.2) is 59.7 Å². The van der Waals surface area contributed by atoms with E-state index >= 15 is 0 Å². The van der Waals surface area contributed by atoms with Crippen LogP contribution in [0.5, 0.6) is 0 Å². The summed E-state index contributed by atoms with van der Waals surface area (Å²) in [6.45, 7) is 4.63. The molecule has 3 unspecified atom stereocenters. The average molecular weight is 574 g/mol. The lowest BCUT2D eigenvalue weighted by molar-refractivity contribution is -0.130. The fraction of sp³-hybridized carbons (Fsp3) is 0.469. The summed E-state index contributed by atoms with van der Waals surface area (Å²) in [6.07, 6.45) is 8.07. The van der Waals surface area contributed by atoms with E-state index in [2.05, 4.69) is 25.2 Å². The lowest BCUT2D eigenvalue weighted by Crippen LogP contribution is -2.46. The van der Waals surface area contributed by atoms with Crippen molar-refractivity contribution in [3.05, 3.63) is 70.8 Å². The molecule has 10 nitrogen and oxygen atoms in total. The second-order valence-electron chi connectivity index (χ2n) is 11.5. The third-order valence-corrected chi connectivity index (χ3v) is 8.43. The Kier molecular flexibility index (Phi) is 10.5. The highest BCUT2D eigenvalue weighted by Gasteiger charge is 2.48. The summed E-state index contributed by atoms with van der Waals surface area (Å²) >= 11 is 0. The molecule has 3 rings (SSSR count). The molecule has 1 aromatic carbocycles. The van der Waals surface area contributed by atoms with Crippen LogP contribution in [-0.4, -0.2) is 92.1 Å². The molecule has 0 aliphatic heterocycles. The number of likely N-dealkylation sites (N-methyl/N-ethyl adjacent to an activating group) is 1. The first-order chi connectivity index (χ1) is 19.9. The Morgan fingerprint density at radius 3 is 2.19 bits per heavy atom. The zero-order chi connectivity index (χ0) is 31.2. The summed E-state index contributed by atoms with van der Waals surface area (Å²) in [5.74, 6) is 0.242. The zero-order valence-electron chi connectivity index (χ0n) is 25.5. The van der Waals surface area contributed by atoms with Gasteiger partial charge in [0.2, 0.25) is 5.91 Å². The maximum Gasteiger partial charge on any atom is 0.253 e. The highest BCUT2D eigenvalue weighted by atomic mass is 16.2. The normalized spacial score (nSPS) is 20.6. The summed E-state index contributed by atoms with van der Waals surface area (Å²) in [5.41, 5.74) is 7.92. The van der Waals surface area contributed by atoms with E-state index < -0.39 is 5.41 Å². The van der Waals surface area contributed by atoms with Crippen molar-refractivity contribution >= 4 is 23.6 Å². The summed E-state index contributed by atoms with van der Waals surface area (Å²) in [7, 11) is 6.76. The molecule has 4 N–H and O–H groups in total. The van der Waals surface area contributed by atoms with Crippen LogP contribution in [0.3, 0.4) is 0 Å². The van der Waals surface area contributed by atoms with Gasteiger partial charge in [-0.25, -0.2) is 0 Å². The number of nitrogens with zero attached hydrogens (tertiary/aromatic N) is 4. The van der Waals surface area contributed by atoms with Crippen molar-refractivity contribution in [3.8, 4) is 6.07 Å². The molecule has 10 heteroatoms. The Morgan fingerprint density at radius 2 is 1.67 bits per heavy atom. The van der Waals surface area contributed by atoms with Crippen molar-refractivity contribution in [2.24, 2.45) is 17.6 Å². The maximum atomic E-state index is 13.0. The molecule has 0 spiro atoms. The summed E-state index contributed by atoms with van der Waals surface area (Å²) in [4.78, 5) is 42.9. The van der Waals surface area contributed by atoms with Gasteiger partial charge in [0, 0.05) is 45.4 Å². The molecule has 224 valence electrons. The van der Waals surface area contributed by atoms with Gasteiger partial charge in [-0.3, -0.25) is 19.8 Å².